The molecule has 0 spiro atoms. The summed E-state index contributed by atoms with van der Waals surface area (Å²) in [5.74, 6) is -2.72. The number of halogens is 2. The minimum Gasteiger partial charge on any atom is -0.487 e. The smallest absolute Gasteiger partial charge is 0.264 e. The second kappa shape index (κ2) is 11.8. The molecule has 1 heterocycles. The summed E-state index contributed by atoms with van der Waals surface area (Å²) in [4.78, 5) is 31.4. The number of hydrogen-bond acceptors (Lipinski definition) is 9. The van der Waals surface area contributed by atoms with Crippen LogP contribution in [0.2, 0.25) is 0 Å². The number of fused-ring (bicyclic) bond motifs is 4. The van der Waals surface area contributed by atoms with Crippen molar-refractivity contribution in [1.29, 1.82) is 0 Å². The minimum atomic E-state index is -3.91. The van der Waals surface area contributed by atoms with Crippen molar-refractivity contribution in [2.45, 2.75) is 52.4 Å². The Kier molecular flexibility index (Phi) is 8.40. The summed E-state index contributed by atoms with van der Waals surface area (Å²) in [6, 6.07) is 8.92. The quantitative estimate of drug-likeness (QED) is 0.202. The van der Waals surface area contributed by atoms with E-state index in [1.807, 2.05) is 63.2 Å². The van der Waals surface area contributed by atoms with Crippen LogP contribution in [0.3, 0.4) is 0 Å². The number of rotatable bonds is 8. The Hall–Kier alpha value is -3.19. The van der Waals surface area contributed by atoms with Gasteiger partial charge < -0.3 is 9.26 Å². The number of benzene rings is 2. The highest BCUT2D eigenvalue weighted by Gasteiger charge is 2.63. The number of ketones is 2. The van der Waals surface area contributed by atoms with Gasteiger partial charge in [0.2, 0.25) is 0 Å². The van der Waals surface area contributed by atoms with Crippen LogP contribution in [0.1, 0.15) is 70.4 Å². The SMILES string of the molecule is C=C1c2c(CC)noc2C(N(C)C)C2CC3Cc4c(F)c(COS(C)(=O)=O)c(Br)c(OCc5ccccc5)c4C(=O)C3C(=O)C12C. The standard InChI is InChI=1S/C34H36BrFN2O7S/c1-7-23-24-17(2)34(3)22(29(38(4)5)32(24)45-37-23)14-19-13-20-26(30(39)25(19)33(34)40)31(43-15-18-11-9-8-10-12-18)27(35)21(28(20)36)16-44-46(6,41)42/h8-12,19,22,25,29H,2,7,13-16H2,1,3-6H3. The third-order valence-corrected chi connectivity index (χ3v) is 11.4. The van der Waals surface area contributed by atoms with Crippen molar-refractivity contribution in [3.63, 3.8) is 0 Å². The van der Waals surface area contributed by atoms with Crippen molar-refractivity contribution in [3.8, 4) is 5.75 Å². The van der Waals surface area contributed by atoms with Gasteiger partial charge >= 0.3 is 0 Å². The fourth-order valence-corrected chi connectivity index (χ4v) is 8.64. The molecule has 0 N–H and O–H groups in total. The van der Waals surface area contributed by atoms with E-state index in [0.717, 1.165) is 17.4 Å². The number of carbonyl (C=O) groups excluding carboxylic acids is 2. The maximum Gasteiger partial charge on any atom is 0.264 e. The largest absolute Gasteiger partial charge is 0.487 e. The predicted molar refractivity (Wildman–Crippen MR) is 172 cm³/mol. The molecule has 6 rings (SSSR count). The molecule has 5 unspecified atom stereocenters. The van der Waals surface area contributed by atoms with Crippen LogP contribution in [-0.2, 0) is 45.2 Å². The van der Waals surface area contributed by atoms with E-state index in [4.69, 9.17) is 13.4 Å². The lowest BCUT2D eigenvalue weighted by Crippen LogP contribution is -2.57. The van der Waals surface area contributed by atoms with Crippen LogP contribution in [0, 0.1) is 29.0 Å². The van der Waals surface area contributed by atoms with E-state index < -0.39 is 45.6 Å². The Labute approximate surface area is 276 Å². The van der Waals surface area contributed by atoms with Gasteiger partial charge in [-0.05, 0) is 79.2 Å². The highest BCUT2D eigenvalue weighted by atomic mass is 79.9. The number of allylic oxidation sites excluding steroid dienone is 1. The van der Waals surface area contributed by atoms with Crippen molar-refractivity contribution < 1.29 is 35.8 Å². The van der Waals surface area contributed by atoms with Crippen molar-refractivity contribution in [2.24, 2.45) is 23.2 Å². The van der Waals surface area contributed by atoms with Crippen molar-refractivity contribution in [2.75, 3.05) is 20.4 Å². The molecule has 0 saturated heterocycles. The molecule has 3 aliphatic rings. The predicted octanol–water partition coefficient (Wildman–Crippen LogP) is 6.09. The third kappa shape index (κ3) is 5.08. The van der Waals surface area contributed by atoms with Crippen LogP contribution in [0.5, 0.6) is 5.75 Å². The lowest BCUT2D eigenvalue weighted by atomic mass is 9.49. The van der Waals surface area contributed by atoms with E-state index in [1.54, 1.807) is 0 Å². The molecule has 5 atom stereocenters. The number of aromatic nitrogens is 1. The molecule has 0 aliphatic heterocycles. The van der Waals surface area contributed by atoms with Crippen LogP contribution in [0.25, 0.3) is 5.57 Å². The molecule has 12 heteroatoms. The van der Waals surface area contributed by atoms with Gasteiger partial charge in [0.05, 0.1) is 46.0 Å². The Morgan fingerprint density at radius 1 is 1.17 bits per heavy atom. The summed E-state index contributed by atoms with van der Waals surface area (Å²) in [6.07, 6.45) is 1.97. The van der Waals surface area contributed by atoms with E-state index in [-0.39, 0.29) is 57.7 Å². The number of Topliss-reactive ketones (excluding diaryl/α,β-unsaturated/α-hetero) is 2. The first-order chi connectivity index (χ1) is 21.7. The zero-order valence-electron chi connectivity index (χ0n) is 26.4. The van der Waals surface area contributed by atoms with Gasteiger partial charge in [0.15, 0.2) is 17.3 Å². The van der Waals surface area contributed by atoms with Crippen LogP contribution in [0.4, 0.5) is 4.39 Å². The summed E-state index contributed by atoms with van der Waals surface area (Å²) < 4.78 is 57.3. The molecule has 0 amide bonds. The maximum absolute atomic E-state index is 16.4. The van der Waals surface area contributed by atoms with Gasteiger partial charge in [0, 0.05) is 16.7 Å². The Bertz CT molecular complexity index is 1870. The van der Waals surface area contributed by atoms with E-state index in [1.165, 1.54) is 0 Å². The second-order valence-corrected chi connectivity index (χ2v) is 15.3. The summed E-state index contributed by atoms with van der Waals surface area (Å²) in [6.45, 7) is 7.68. The van der Waals surface area contributed by atoms with Gasteiger partial charge in [-0.3, -0.25) is 18.7 Å². The molecule has 2 aromatic carbocycles. The normalized spacial score (nSPS) is 25.6. The molecule has 3 aliphatic carbocycles. The number of nitrogens with zero attached hydrogens (tertiary/aromatic N) is 2. The molecule has 46 heavy (non-hydrogen) atoms. The van der Waals surface area contributed by atoms with Crippen molar-refractivity contribution in [1.82, 2.24) is 10.1 Å². The van der Waals surface area contributed by atoms with Crippen molar-refractivity contribution in [3.05, 3.63) is 86.5 Å². The van der Waals surface area contributed by atoms with Gasteiger partial charge in [0.25, 0.3) is 10.1 Å². The Balaban J connectivity index is 1.49. The number of hydrogen-bond donors (Lipinski definition) is 0. The van der Waals surface area contributed by atoms with Gasteiger partial charge in [-0.2, -0.15) is 8.42 Å². The summed E-state index contributed by atoms with van der Waals surface area (Å²) in [5.41, 5.74) is 1.75. The molecular weight excluding hydrogens is 679 g/mol. The number of ether oxygens (including phenoxy) is 1. The first-order valence-electron chi connectivity index (χ1n) is 15.2. The molecule has 0 radical (unpaired) electrons. The summed E-state index contributed by atoms with van der Waals surface area (Å²) >= 11 is 3.40. The van der Waals surface area contributed by atoms with Gasteiger partial charge in [-0.15, -0.1) is 0 Å². The van der Waals surface area contributed by atoms with Crippen LogP contribution in [0.15, 0.2) is 45.9 Å². The van der Waals surface area contributed by atoms with Gasteiger partial charge in [-0.1, -0.05) is 49.0 Å². The lowest BCUT2D eigenvalue weighted by Gasteiger charge is -2.54. The van der Waals surface area contributed by atoms with Crippen LogP contribution in [-0.4, -0.2) is 50.4 Å². The third-order valence-electron chi connectivity index (χ3n) is 9.98. The van der Waals surface area contributed by atoms with Crippen LogP contribution >= 0.6 is 15.9 Å². The molecule has 244 valence electrons. The second-order valence-electron chi connectivity index (χ2n) is 12.9. The maximum atomic E-state index is 16.4. The zero-order valence-corrected chi connectivity index (χ0v) is 28.8. The molecule has 9 nitrogen and oxygen atoms in total. The Morgan fingerprint density at radius 3 is 2.50 bits per heavy atom. The van der Waals surface area contributed by atoms with E-state index in [2.05, 4.69) is 27.7 Å². The average Bonchev–Trinajstić information content (AvgIpc) is 3.42. The molecule has 0 bridgehead atoms. The van der Waals surface area contributed by atoms with E-state index in [0.29, 0.717) is 29.9 Å². The highest BCUT2D eigenvalue weighted by molar-refractivity contribution is 9.10. The molecule has 1 fully saturated rings. The summed E-state index contributed by atoms with van der Waals surface area (Å²) in [5, 5.41) is 4.31. The first kappa shape index (κ1) is 32.7. The monoisotopic (exact) mass is 714 g/mol. The number of aryl methyl sites for hydroxylation is 1. The first-order valence-corrected chi connectivity index (χ1v) is 17.8. The molecule has 1 aromatic heterocycles. The topological polar surface area (TPSA) is 116 Å². The fraction of sp³-hybridized carbons (Fsp3) is 0.441. The Morgan fingerprint density at radius 2 is 1.87 bits per heavy atom. The van der Waals surface area contributed by atoms with Crippen LogP contribution < -0.4 is 4.74 Å². The fourth-order valence-electron chi connectivity index (χ4n) is 7.71. The van der Waals surface area contributed by atoms with Gasteiger partial charge in [0.1, 0.15) is 18.2 Å². The molecular formula is C34H36BrFN2O7S. The summed E-state index contributed by atoms with van der Waals surface area (Å²) in [7, 11) is -0.0870. The zero-order chi connectivity index (χ0) is 33.3. The lowest BCUT2D eigenvalue weighted by molar-refractivity contribution is -0.139. The molecule has 1 saturated carbocycles. The average molecular weight is 716 g/mol. The van der Waals surface area contributed by atoms with Gasteiger partial charge in [-0.25, -0.2) is 4.39 Å². The number of carbonyl (C=O) groups is 2. The molecule has 3 aromatic rings. The van der Waals surface area contributed by atoms with Crippen molar-refractivity contribution >= 4 is 43.2 Å². The minimum absolute atomic E-state index is 0.00874. The van der Waals surface area contributed by atoms with E-state index >= 15 is 4.39 Å². The highest BCUT2D eigenvalue weighted by Crippen LogP contribution is 2.62. The van der Waals surface area contributed by atoms with E-state index in [9.17, 15) is 18.0 Å².